The lowest BCUT2D eigenvalue weighted by Crippen LogP contribution is -2.00. The first kappa shape index (κ1) is 15.7. The third-order valence-corrected chi connectivity index (χ3v) is 3.46. The van der Waals surface area contributed by atoms with Gasteiger partial charge in [0.25, 0.3) is 0 Å². The molecule has 0 spiro atoms. The number of hydrogen-bond donors (Lipinski definition) is 2. The molecule has 8 heteroatoms. The van der Waals surface area contributed by atoms with Crippen molar-refractivity contribution in [2.24, 2.45) is 0 Å². The first-order valence-corrected chi connectivity index (χ1v) is 6.86. The second kappa shape index (κ2) is 6.15. The van der Waals surface area contributed by atoms with Crippen LogP contribution in [0.15, 0.2) is 30.6 Å². The Bertz CT molecular complexity index is 919. The number of fused-ring (bicyclic) bond motifs is 1. The van der Waals surface area contributed by atoms with Crippen molar-refractivity contribution >= 4 is 22.4 Å². The van der Waals surface area contributed by atoms with Crippen molar-refractivity contribution in [1.29, 1.82) is 0 Å². The maximum Gasteiger partial charge on any atom is 0.191 e. The fourth-order valence-corrected chi connectivity index (χ4v) is 2.25. The molecule has 0 radical (unpaired) electrons. The van der Waals surface area contributed by atoms with Crippen molar-refractivity contribution in [3.8, 4) is 17.2 Å². The number of ether oxygens (including phenoxy) is 2. The number of nitrogens with one attached hydrogen (secondary N) is 1. The van der Waals surface area contributed by atoms with Gasteiger partial charge in [0, 0.05) is 11.5 Å². The predicted molar refractivity (Wildman–Crippen MR) is 83.9 cm³/mol. The summed E-state index contributed by atoms with van der Waals surface area (Å²) in [6.45, 7) is 0. The van der Waals surface area contributed by atoms with E-state index in [1.165, 1.54) is 26.6 Å². The lowest BCUT2D eigenvalue weighted by molar-refractivity contribution is 0.356. The molecule has 1 aromatic heterocycles. The smallest absolute Gasteiger partial charge is 0.191 e. The van der Waals surface area contributed by atoms with E-state index in [0.29, 0.717) is 22.4 Å². The number of rotatable bonds is 4. The van der Waals surface area contributed by atoms with Crippen LogP contribution in [-0.4, -0.2) is 29.3 Å². The molecule has 1 heterocycles. The molecule has 0 aliphatic heterocycles. The minimum Gasteiger partial charge on any atom is -0.503 e. The highest BCUT2D eigenvalue weighted by molar-refractivity contribution is 5.93. The lowest BCUT2D eigenvalue weighted by atomic mass is 10.2. The number of phenols is 1. The van der Waals surface area contributed by atoms with Crippen LogP contribution in [0.3, 0.4) is 0 Å². The van der Waals surface area contributed by atoms with E-state index in [1.54, 1.807) is 12.1 Å². The number of methoxy groups -OCH3 is 2. The molecule has 24 heavy (non-hydrogen) atoms. The Morgan fingerprint density at radius 2 is 1.75 bits per heavy atom. The maximum atomic E-state index is 14.0. The van der Waals surface area contributed by atoms with E-state index in [0.717, 1.165) is 6.07 Å². The number of benzene rings is 2. The van der Waals surface area contributed by atoms with E-state index < -0.39 is 17.4 Å². The first-order valence-electron chi connectivity index (χ1n) is 6.86. The molecule has 0 fully saturated rings. The van der Waals surface area contributed by atoms with Crippen LogP contribution in [-0.2, 0) is 0 Å². The molecule has 0 saturated carbocycles. The molecule has 0 amide bonds. The number of nitrogens with zero attached hydrogens (tertiary/aromatic N) is 2. The zero-order chi connectivity index (χ0) is 17.3. The van der Waals surface area contributed by atoms with Gasteiger partial charge in [0.05, 0.1) is 25.4 Å². The number of aromatic nitrogens is 2. The second-order valence-corrected chi connectivity index (χ2v) is 4.83. The highest BCUT2D eigenvalue weighted by Gasteiger charge is 2.15. The van der Waals surface area contributed by atoms with Gasteiger partial charge in [0.15, 0.2) is 28.9 Å². The Hall–Kier alpha value is -3.16. The van der Waals surface area contributed by atoms with E-state index >= 15 is 0 Å². The Kier molecular flexibility index (Phi) is 4.03. The number of halogens is 2. The lowest BCUT2D eigenvalue weighted by Gasteiger charge is -2.12. The summed E-state index contributed by atoms with van der Waals surface area (Å²) in [6.07, 6.45) is 1.29. The Labute approximate surface area is 135 Å². The molecule has 6 nitrogen and oxygen atoms in total. The Balaban J connectivity index is 2.12. The highest BCUT2D eigenvalue weighted by atomic mass is 19.1. The van der Waals surface area contributed by atoms with Crippen molar-refractivity contribution in [3.05, 3.63) is 42.2 Å². The van der Waals surface area contributed by atoms with E-state index in [2.05, 4.69) is 15.3 Å². The van der Waals surface area contributed by atoms with Crippen LogP contribution >= 0.6 is 0 Å². The van der Waals surface area contributed by atoms with Gasteiger partial charge < -0.3 is 19.9 Å². The Morgan fingerprint density at radius 1 is 1.04 bits per heavy atom. The highest BCUT2D eigenvalue weighted by Crippen LogP contribution is 2.35. The summed E-state index contributed by atoms with van der Waals surface area (Å²) in [4.78, 5) is 8.20. The van der Waals surface area contributed by atoms with Gasteiger partial charge in [-0.2, -0.15) is 0 Å². The second-order valence-electron chi connectivity index (χ2n) is 4.83. The summed E-state index contributed by atoms with van der Waals surface area (Å²) in [5.74, 6) is -2.01. The summed E-state index contributed by atoms with van der Waals surface area (Å²) < 4.78 is 37.6. The molecular weight excluding hydrogens is 320 g/mol. The molecule has 0 aliphatic rings. The minimum absolute atomic E-state index is 0.122. The summed E-state index contributed by atoms with van der Waals surface area (Å²) in [6, 6.07) is 5.41. The molecule has 2 aromatic carbocycles. The fraction of sp³-hybridized carbons (Fsp3) is 0.125. The van der Waals surface area contributed by atoms with Crippen molar-refractivity contribution in [2.45, 2.75) is 0 Å². The van der Waals surface area contributed by atoms with Crippen LogP contribution in [0.5, 0.6) is 17.2 Å². The van der Waals surface area contributed by atoms with E-state index in [9.17, 15) is 13.9 Å². The average molecular weight is 333 g/mol. The number of hydrogen-bond acceptors (Lipinski definition) is 6. The van der Waals surface area contributed by atoms with E-state index in [4.69, 9.17) is 9.47 Å². The van der Waals surface area contributed by atoms with Gasteiger partial charge in [0.1, 0.15) is 12.1 Å². The molecule has 0 unspecified atom stereocenters. The molecule has 0 atom stereocenters. The van der Waals surface area contributed by atoms with Crippen LogP contribution in [0.1, 0.15) is 0 Å². The summed E-state index contributed by atoms with van der Waals surface area (Å²) in [7, 11) is 2.99. The maximum absolute atomic E-state index is 14.0. The zero-order valence-corrected chi connectivity index (χ0v) is 12.8. The van der Waals surface area contributed by atoms with Gasteiger partial charge in [-0.3, -0.25) is 0 Å². The molecular formula is C16H13F2N3O3. The van der Waals surface area contributed by atoms with E-state index in [-0.39, 0.29) is 11.5 Å². The van der Waals surface area contributed by atoms with Crippen molar-refractivity contribution in [3.63, 3.8) is 0 Å². The number of anilines is 2. The third-order valence-electron chi connectivity index (χ3n) is 3.46. The molecule has 0 saturated heterocycles. The van der Waals surface area contributed by atoms with Gasteiger partial charge in [-0.15, -0.1) is 0 Å². The monoisotopic (exact) mass is 333 g/mol. The van der Waals surface area contributed by atoms with E-state index in [1.807, 2.05) is 0 Å². The summed E-state index contributed by atoms with van der Waals surface area (Å²) in [5, 5.41) is 12.6. The molecule has 0 bridgehead atoms. The molecule has 3 aromatic rings. The fourth-order valence-electron chi connectivity index (χ4n) is 2.25. The molecule has 3 rings (SSSR count). The SMILES string of the molecule is COc1cc2ncnc(Nc3ccc(F)c(O)c3F)c2cc1OC. The largest absolute Gasteiger partial charge is 0.503 e. The summed E-state index contributed by atoms with van der Waals surface area (Å²) >= 11 is 0. The van der Waals surface area contributed by atoms with Gasteiger partial charge in [-0.25, -0.2) is 18.7 Å². The quantitative estimate of drug-likeness (QED) is 0.762. The average Bonchev–Trinajstić information content (AvgIpc) is 2.61. The van der Waals surface area contributed by atoms with Gasteiger partial charge in [0.2, 0.25) is 0 Å². The normalized spacial score (nSPS) is 10.7. The van der Waals surface area contributed by atoms with Gasteiger partial charge in [-0.1, -0.05) is 0 Å². The van der Waals surface area contributed by atoms with Crippen LogP contribution in [0.2, 0.25) is 0 Å². The third kappa shape index (κ3) is 2.62. The standard InChI is InChI=1S/C16H13F2N3O3/c1-23-12-5-8-11(6-13(12)24-2)19-7-20-16(8)21-10-4-3-9(17)15(22)14(10)18/h3-7,22H,1-2H3,(H,19,20,21). The van der Waals surface area contributed by atoms with Gasteiger partial charge >= 0.3 is 0 Å². The predicted octanol–water partition coefficient (Wildman–Crippen LogP) is 3.37. The Morgan fingerprint density at radius 3 is 2.46 bits per heavy atom. The van der Waals surface area contributed by atoms with Crippen molar-refractivity contribution in [1.82, 2.24) is 9.97 Å². The molecule has 124 valence electrons. The number of phenolic OH excluding ortho intramolecular Hbond substituents is 1. The van der Waals surface area contributed by atoms with Crippen molar-refractivity contribution < 1.29 is 23.4 Å². The van der Waals surface area contributed by atoms with Crippen LogP contribution in [0.4, 0.5) is 20.3 Å². The molecule has 2 N–H and O–H groups in total. The molecule has 0 aliphatic carbocycles. The first-order chi connectivity index (χ1) is 11.5. The topological polar surface area (TPSA) is 76.5 Å². The van der Waals surface area contributed by atoms with Crippen LogP contribution in [0, 0.1) is 11.6 Å². The number of aromatic hydroxyl groups is 1. The van der Waals surface area contributed by atoms with Crippen LogP contribution < -0.4 is 14.8 Å². The summed E-state index contributed by atoms with van der Waals surface area (Å²) in [5.41, 5.74) is 0.417. The minimum atomic E-state index is -1.11. The van der Waals surface area contributed by atoms with Gasteiger partial charge in [-0.05, 0) is 18.2 Å². The van der Waals surface area contributed by atoms with Crippen molar-refractivity contribution in [2.75, 3.05) is 19.5 Å². The zero-order valence-electron chi connectivity index (χ0n) is 12.8. The van der Waals surface area contributed by atoms with Crippen LogP contribution in [0.25, 0.3) is 10.9 Å².